The molecular weight excluding hydrogens is 300 g/mol. The Morgan fingerprint density at radius 3 is 2.58 bits per heavy atom. The summed E-state index contributed by atoms with van der Waals surface area (Å²) >= 11 is 0. The summed E-state index contributed by atoms with van der Waals surface area (Å²) in [7, 11) is 1.68. The van der Waals surface area contributed by atoms with Crippen LogP contribution in [0.2, 0.25) is 0 Å². The van der Waals surface area contributed by atoms with Gasteiger partial charge in [-0.2, -0.15) is 0 Å². The predicted octanol–water partition coefficient (Wildman–Crippen LogP) is 3.66. The summed E-state index contributed by atoms with van der Waals surface area (Å²) in [5, 5.41) is 0. The molecule has 0 aromatic heterocycles. The maximum atomic E-state index is 13.2. The van der Waals surface area contributed by atoms with Crippen molar-refractivity contribution >= 4 is 5.91 Å². The van der Waals surface area contributed by atoms with Crippen molar-refractivity contribution in [3.63, 3.8) is 0 Å². The molecule has 1 saturated heterocycles. The molecule has 1 aliphatic carbocycles. The Morgan fingerprint density at radius 1 is 1.08 bits per heavy atom. The molecule has 1 heterocycles. The van der Waals surface area contributed by atoms with E-state index >= 15 is 0 Å². The molecule has 1 saturated carbocycles. The molecule has 3 rings (SSSR count). The molecule has 1 aromatic carbocycles. The zero-order valence-corrected chi connectivity index (χ0v) is 14.7. The molecule has 0 spiro atoms. The van der Waals surface area contributed by atoms with Gasteiger partial charge in [-0.15, -0.1) is 0 Å². The molecule has 1 aromatic rings. The van der Waals surface area contributed by atoms with E-state index in [9.17, 15) is 4.79 Å². The van der Waals surface area contributed by atoms with Crippen molar-refractivity contribution in [1.82, 2.24) is 4.90 Å². The lowest BCUT2D eigenvalue weighted by Gasteiger charge is -2.36. The van der Waals surface area contributed by atoms with Crippen molar-refractivity contribution < 1.29 is 9.53 Å². The lowest BCUT2D eigenvalue weighted by molar-refractivity contribution is -0.139. The molecule has 2 aliphatic rings. The van der Waals surface area contributed by atoms with Gasteiger partial charge in [0.25, 0.3) is 0 Å². The minimum atomic E-state index is 0.118. The predicted molar refractivity (Wildman–Crippen MR) is 95.8 cm³/mol. The van der Waals surface area contributed by atoms with Gasteiger partial charge in [-0.3, -0.25) is 4.79 Å². The summed E-state index contributed by atoms with van der Waals surface area (Å²) in [6.07, 6.45) is 8.55. The fraction of sp³-hybridized carbons (Fsp3) is 0.650. The Hall–Kier alpha value is -1.55. The van der Waals surface area contributed by atoms with E-state index in [1.807, 2.05) is 12.1 Å². The zero-order chi connectivity index (χ0) is 16.9. The van der Waals surface area contributed by atoms with Gasteiger partial charge in [-0.1, -0.05) is 31.4 Å². The number of carbonyl (C=O) groups excluding carboxylic acids is 1. The summed E-state index contributed by atoms with van der Waals surface area (Å²) in [6, 6.07) is 8.62. The fourth-order valence-corrected chi connectivity index (χ4v) is 4.23. The molecule has 24 heavy (non-hydrogen) atoms. The van der Waals surface area contributed by atoms with Crippen LogP contribution in [0.1, 0.15) is 63.0 Å². The molecule has 3 unspecified atom stereocenters. The quantitative estimate of drug-likeness (QED) is 0.920. The summed E-state index contributed by atoms with van der Waals surface area (Å²) < 4.78 is 5.27. The molecule has 3 atom stereocenters. The maximum absolute atomic E-state index is 13.2. The van der Waals surface area contributed by atoms with Crippen molar-refractivity contribution in [2.45, 2.75) is 63.5 Å². The number of ether oxygens (including phenoxy) is 1. The number of nitrogens with two attached hydrogens (primary N) is 1. The fourth-order valence-electron chi connectivity index (χ4n) is 4.23. The number of hydrogen-bond acceptors (Lipinski definition) is 3. The van der Waals surface area contributed by atoms with Crippen LogP contribution in [0.3, 0.4) is 0 Å². The van der Waals surface area contributed by atoms with Crippen LogP contribution in [-0.2, 0) is 4.79 Å². The van der Waals surface area contributed by atoms with Crippen molar-refractivity contribution in [2.24, 2.45) is 11.7 Å². The number of methoxy groups -OCH3 is 1. The normalized spacial score (nSPS) is 28.2. The van der Waals surface area contributed by atoms with Gasteiger partial charge >= 0.3 is 0 Å². The van der Waals surface area contributed by atoms with Crippen molar-refractivity contribution in [2.75, 3.05) is 13.7 Å². The van der Waals surface area contributed by atoms with Gasteiger partial charge in [0.1, 0.15) is 5.75 Å². The zero-order valence-electron chi connectivity index (χ0n) is 14.7. The van der Waals surface area contributed by atoms with Crippen LogP contribution >= 0.6 is 0 Å². The van der Waals surface area contributed by atoms with E-state index in [4.69, 9.17) is 10.5 Å². The first-order valence-corrected chi connectivity index (χ1v) is 9.39. The third-order valence-electron chi connectivity index (χ3n) is 5.60. The molecule has 1 aliphatic heterocycles. The van der Waals surface area contributed by atoms with E-state index in [0.29, 0.717) is 5.91 Å². The first-order chi connectivity index (χ1) is 11.7. The summed E-state index contributed by atoms with van der Waals surface area (Å²) in [5.41, 5.74) is 7.34. The molecular formula is C20H30N2O2. The number of nitrogens with zero attached hydrogens (tertiary/aromatic N) is 1. The Bertz CT molecular complexity index is 543. The number of hydrogen-bond donors (Lipinski definition) is 1. The minimum Gasteiger partial charge on any atom is -0.497 e. The maximum Gasteiger partial charge on any atom is 0.226 e. The number of likely N-dealkylation sites (tertiary alicyclic amines) is 1. The Morgan fingerprint density at radius 2 is 1.88 bits per heavy atom. The van der Waals surface area contributed by atoms with Crippen molar-refractivity contribution in [3.05, 3.63) is 29.8 Å². The van der Waals surface area contributed by atoms with Crippen LogP contribution in [0, 0.1) is 5.92 Å². The van der Waals surface area contributed by atoms with E-state index < -0.39 is 0 Å². The number of amides is 1. The highest BCUT2D eigenvalue weighted by Gasteiger charge is 2.33. The smallest absolute Gasteiger partial charge is 0.226 e. The molecule has 2 fully saturated rings. The minimum absolute atomic E-state index is 0.118. The second-order valence-electron chi connectivity index (χ2n) is 7.29. The third-order valence-corrected chi connectivity index (χ3v) is 5.60. The van der Waals surface area contributed by atoms with Crippen LogP contribution in [0.15, 0.2) is 24.3 Å². The van der Waals surface area contributed by atoms with E-state index in [2.05, 4.69) is 17.0 Å². The number of carbonyl (C=O) groups is 1. The highest BCUT2D eigenvalue weighted by atomic mass is 16.5. The van der Waals surface area contributed by atoms with Gasteiger partial charge in [0, 0.05) is 18.5 Å². The summed E-state index contributed by atoms with van der Waals surface area (Å²) in [4.78, 5) is 15.4. The van der Waals surface area contributed by atoms with Crippen LogP contribution in [0.4, 0.5) is 0 Å². The van der Waals surface area contributed by atoms with E-state index in [1.165, 1.54) is 18.4 Å². The van der Waals surface area contributed by atoms with Crippen LogP contribution < -0.4 is 10.5 Å². The largest absolute Gasteiger partial charge is 0.497 e. The highest BCUT2D eigenvalue weighted by molar-refractivity contribution is 5.79. The van der Waals surface area contributed by atoms with Crippen molar-refractivity contribution in [3.8, 4) is 5.75 Å². The summed E-state index contributed by atoms with van der Waals surface area (Å²) in [5.74, 6) is 1.31. The first-order valence-electron chi connectivity index (χ1n) is 9.39. The van der Waals surface area contributed by atoms with Crippen LogP contribution in [-0.4, -0.2) is 30.5 Å². The van der Waals surface area contributed by atoms with Crippen LogP contribution in [0.5, 0.6) is 5.75 Å². The molecule has 0 radical (unpaired) electrons. The molecule has 4 nitrogen and oxygen atoms in total. The third kappa shape index (κ3) is 3.92. The van der Waals surface area contributed by atoms with Crippen molar-refractivity contribution in [1.29, 1.82) is 0 Å². The van der Waals surface area contributed by atoms with Gasteiger partial charge in [-0.05, 0) is 49.8 Å². The van der Waals surface area contributed by atoms with Gasteiger partial charge in [-0.25, -0.2) is 0 Å². The van der Waals surface area contributed by atoms with Gasteiger partial charge < -0.3 is 15.4 Å². The Kier molecular flexibility index (Phi) is 5.77. The summed E-state index contributed by atoms with van der Waals surface area (Å²) in [6.45, 7) is 0.876. The topological polar surface area (TPSA) is 55.6 Å². The lowest BCUT2D eigenvalue weighted by Crippen LogP contribution is -2.42. The molecule has 0 bridgehead atoms. The molecule has 2 N–H and O–H groups in total. The second kappa shape index (κ2) is 8.02. The monoisotopic (exact) mass is 330 g/mol. The standard InChI is InChI=1S/C20H30N2O2/c1-24-18-11-9-15(10-12-18)19-8-3-2-4-13-22(19)20(23)16-6-5-7-17(21)14-16/h9-12,16-17,19H,2-8,13-14,21H2,1H3. The Labute approximate surface area is 145 Å². The number of benzene rings is 1. The SMILES string of the molecule is COc1ccc(C2CCCCCN2C(=O)C2CCCC(N)C2)cc1. The highest BCUT2D eigenvalue weighted by Crippen LogP contribution is 2.34. The average molecular weight is 330 g/mol. The van der Waals surface area contributed by atoms with E-state index in [0.717, 1.165) is 50.8 Å². The molecule has 4 heteroatoms. The van der Waals surface area contributed by atoms with E-state index in [1.54, 1.807) is 7.11 Å². The Balaban J connectivity index is 1.79. The van der Waals surface area contributed by atoms with Gasteiger partial charge in [0.2, 0.25) is 5.91 Å². The second-order valence-corrected chi connectivity index (χ2v) is 7.29. The molecule has 1 amide bonds. The van der Waals surface area contributed by atoms with E-state index in [-0.39, 0.29) is 18.0 Å². The molecule has 132 valence electrons. The van der Waals surface area contributed by atoms with Gasteiger partial charge in [0.05, 0.1) is 13.2 Å². The lowest BCUT2D eigenvalue weighted by atomic mass is 9.84. The number of rotatable bonds is 3. The van der Waals surface area contributed by atoms with Gasteiger partial charge in [0.15, 0.2) is 0 Å². The van der Waals surface area contributed by atoms with Crippen LogP contribution in [0.25, 0.3) is 0 Å². The average Bonchev–Trinajstić information content (AvgIpc) is 2.87. The first kappa shape index (κ1) is 17.3.